The fraction of sp³-hybridized carbons (Fsp3) is 0.0952. The standard InChI is InChI=1S/C21H16ClN3O2S/c22-21-8-7-20(28-21)19(26)6-5-17-13-18(25-27-17)14-1-3-15(4-2-14)24-16-9-11-23-12-10-16/h1-4,7-13H,5-6H2,(H,23,24). The Morgan fingerprint density at radius 1 is 1.04 bits per heavy atom. The number of aryl methyl sites for hydroxylation is 1. The largest absolute Gasteiger partial charge is 0.361 e. The Balaban J connectivity index is 1.37. The lowest BCUT2D eigenvalue weighted by molar-refractivity contribution is 0.0984. The number of aromatic nitrogens is 2. The highest BCUT2D eigenvalue weighted by atomic mass is 35.5. The van der Waals surface area contributed by atoms with Gasteiger partial charge in [0.05, 0.1) is 9.21 Å². The third-order valence-electron chi connectivity index (χ3n) is 4.16. The van der Waals surface area contributed by atoms with Crippen molar-refractivity contribution in [2.24, 2.45) is 0 Å². The van der Waals surface area contributed by atoms with Crippen molar-refractivity contribution in [3.63, 3.8) is 0 Å². The van der Waals surface area contributed by atoms with Crippen LogP contribution in [-0.2, 0) is 6.42 Å². The minimum absolute atomic E-state index is 0.0568. The molecule has 3 heterocycles. The Labute approximate surface area is 171 Å². The smallest absolute Gasteiger partial charge is 0.173 e. The monoisotopic (exact) mass is 409 g/mol. The number of nitrogens with one attached hydrogen (secondary N) is 1. The van der Waals surface area contributed by atoms with Crippen LogP contribution in [0.4, 0.5) is 11.4 Å². The average Bonchev–Trinajstić information content (AvgIpc) is 3.37. The fourth-order valence-corrected chi connectivity index (χ4v) is 3.73. The van der Waals surface area contributed by atoms with Crippen LogP contribution in [0.5, 0.6) is 0 Å². The summed E-state index contributed by atoms with van der Waals surface area (Å²) in [7, 11) is 0. The average molecular weight is 410 g/mol. The molecule has 3 aromatic heterocycles. The van der Waals surface area contributed by atoms with Crippen LogP contribution in [0.1, 0.15) is 21.9 Å². The van der Waals surface area contributed by atoms with Gasteiger partial charge in [-0.3, -0.25) is 9.78 Å². The van der Waals surface area contributed by atoms with Crippen molar-refractivity contribution in [2.75, 3.05) is 5.32 Å². The van der Waals surface area contributed by atoms with Crippen LogP contribution in [0.3, 0.4) is 0 Å². The highest BCUT2D eigenvalue weighted by molar-refractivity contribution is 7.18. The van der Waals surface area contributed by atoms with E-state index in [4.69, 9.17) is 16.1 Å². The number of hydrogen-bond acceptors (Lipinski definition) is 6. The highest BCUT2D eigenvalue weighted by Crippen LogP contribution is 2.25. The molecule has 4 rings (SSSR count). The number of pyridine rings is 1. The first kappa shape index (κ1) is 18.4. The molecule has 7 heteroatoms. The summed E-state index contributed by atoms with van der Waals surface area (Å²) < 4.78 is 6.01. The first-order valence-corrected chi connectivity index (χ1v) is 9.88. The fourth-order valence-electron chi connectivity index (χ4n) is 2.72. The summed E-state index contributed by atoms with van der Waals surface area (Å²) in [6.07, 6.45) is 4.35. The van der Waals surface area contributed by atoms with Crippen LogP contribution in [0.2, 0.25) is 4.34 Å². The Bertz CT molecular complexity index is 1070. The third-order valence-corrected chi connectivity index (χ3v) is 5.43. The molecule has 0 bridgehead atoms. The molecule has 0 atom stereocenters. The van der Waals surface area contributed by atoms with Crippen molar-refractivity contribution >= 4 is 40.1 Å². The van der Waals surface area contributed by atoms with E-state index in [0.29, 0.717) is 27.8 Å². The molecular weight excluding hydrogens is 394 g/mol. The summed E-state index contributed by atoms with van der Waals surface area (Å²) in [4.78, 5) is 16.8. The van der Waals surface area contributed by atoms with E-state index in [0.717, 1.165) is 22.6 Å². The van der Waals surface area contributed by atoms with Gasteiger partial charge in [-0.05, 0) is 36.4 Å². The van der Waals surface area contributed by atoms with Gasteiger partial charge in [0.1, 0.15) is 11.5 Å². The summed E-state index contributed by atoms with van der Waals surface area (Å²) in [5.41, 5.74) is 3.64. The number of nitrogens with zero attached hydrogens (tertiary/aromatic N) is 2. The van der Waals surface area contributed by atoms with E-state index in [1.807, 2.05) is 42.5 Å². The molecule has 0 aliphatic rings. The summed E-state index contributed by atoms with van der Waals surface area (Å²) in [6.45, 7) is 0. The number of hydrogen-bond donors (Lipinski definition) is 1. The van der Waals surface area contributed by atoms with E-state index in [9.17, 15) is 4.79 Å². The molecule has 1 aromatic carbocycles. The van der Waals surface area contributed by atoms with Gasteiger partial charge in [0.25, 0.3) is 0 Å². The van der Waals surface area contributed by atoms with Crippen LogP contribution >= 0.6 is 22.9 Å². The van der Waals surface area contributed by atoms with Gasteiger partial charge in [-0.25, -0.2) is 0 Å². The molecule has 5 nitrogen and oxygen atoms in total. The number of carbonyl (C=O) groups excluding carboxylic acids is 1. The molecule has 28 heavy (non-hydrogen) atoms. The maximum atomic E-state index is 12.2. The minimum atomic E-state index is 0.0568. The van der Waals surface area contributed by atoms with E-state index in [1.165, 1.54) is 11.3 Å². The SMILES string of the molecule is O=C(CCc1cc(-c2ccc(Nc3ccncc3)cc2)no1)c1ccc(Cl)s1. The Morgan fingerprint density at radius 3 is 2.50 bits per heavy atom. The molecule has 0 unspecified atom stereocenters. The van der Waals surface area contributed by atoms with Crippen LogP contribution in [0.15, 0.2) is 71.5 Å². The van der Waals surface area contributed by atoms with Gasteiger partial charge < -0.3 is 9.84 Å². The van der Waals surface area contributed by atoms with Crippen molar-refractivity contribution < 1.29 is 9.32 Å². The predicted molar refractivity (Wildman–Crippen MR) is 111 cm³/mol. The second-order valence-electron chi connectivity index (χ2n) is 6.14. The quantitative estimate of drug-likeness (QED) is 0.378. The maximum Gasteiger partial charge on any atom is 0.173 e. The molecule has 0 fully saturated rings. The third kappa shape index (κ3) is 4.47. The molecule has 0 radical (unpaired) electrons. The molecule has 0 aliphatic heterocycles. The van der Waals surface area contributed by atoms with Crippen molar-refractivity contribution in [1.82, 2.24) is 10.1 Å². The number of anilines is 2. The molecule has 4 aromatic rings. The lowest BCUT2D eigenvalue weighted by Crippen LogP contribution is -1.97. The van der Waals surface area contributed by atoms with Gasteiger partial charge in [0, 0.05) is 48.2 Å². The molecule has 0 saturated heterocycles. The molecule has 0 amide bonds. The second-order valence-corrected chi connectivity index (χ2v) is 7.86. The van der Waals surface area contributed by atoms with Gasteiger partial charge in [-0.15, -0.1) is 11.3 Å². The molecule has 0 aliphatic carbocycles. The maximum absolute atomic E-state index is 12.2. The molecule has 1 N–H and O–H groups in total. The number of halogens is 1. The number of rotatable bonds is 7. The van der Waals surface area contributed by atoms with Gasteiger partial charge in [0.2, 0.25) is 0 Å². The number of ketones is 1. The van der Waals surface area contributed by atoms with Crippen LogP contribution in [0, 0.1) is 0 Å². The predicted octanol–water partition coefficient (Wildman–Crippen LogP) is 6.01. The number of Topliss-reactive ketones (excluding diaryl/α,β-unsaturated/α-hetero) is 1. The molecule has 0 saturated carbocycles. The van der Waals surface area contributed by atoms with E-state index < -0.39 is 0 Å². The van der Waals surface area contributed by atoms with Crippen LogP contribution in [0.25, 0.3) is 11.3 Å². The zero-order valence-corrected chi connectivity index (χ0v) is 16.3. The number of carbonyl (C=O) groups is 1. The van der Waals surface area contributed by atoms with Gasteiger partial charge in [-0.1, -0.05) is 28.9 Å². The Hall–Kier alpha value is -2.96. The lowest BCUT2D eigenvalue weighted by atomic mass is 10.1. The van der Waals surface area contributed by atoms with Crippen molar-refractivity contribution in [3.8, 4) is 11.3 Å². The Kier molecular flexibility index (Phi) is 5.50. The van der Waals surface area contributed by atoms with Gasteiger partial charge in [-0.2, -0.15) is 0 Å². The molecule has 140 valence electrons. The summed E-state index contributed by atoms with van der Waals surface area (Å²) in [5.74, 6) is 0.742. The first-order chi connectivity index (χ1) is 13.7. The summed E-state index contributed by atoms with van der Waals surface area (Å²) in [5, 5.41) is 7.43. The van der Waals surface area contributed by atoms with Crippen molar-refractivity contribution in [3.05, 3.63) is 82.0 Å². The van der Waals surface area contributed by atoms with Gasteiger partial charge in [0.15, 0.2) is 5.78 Å². The lowest BCUT2D eigenvalue weighted by Gasteiger charge is -2.06. The second kappa shape index (κ2) is 8.37. The van der Waals surface area contributed by atoms with Crippen molar-refractivity contribution in [2.45, 2.75) is 12.8 Å². The highest BCUT2D eigenvalue weighted by Gasteiger charge is 2.12. The summed E-state index contributed by atoms with van der Waals surface area (Å²) >= 11 is 7.17. The van der Waals surface area contributed by atoms with E-state index in [1.54, 1.807) is 24.5 Å². The number of thiophene rings is 1. The van der Waals surface area contributed by atoms with E-state index in [-0.39, 0.29) is 5.78 Å². The zero-order chi connectivity index (χ0) is 19.3. The van der Waals surface area contributed by atoms with E-state index >= 15 is 0 Å². The minimum Gasteiger partial charge on any atom is -0.361 e. The topological polar surface area (TPSA) is 68.0 Å². The summed E-state index contributed by atoms with van der Waals surface area (Å²) in [6, 6.07) is 17.1. The first-order valence-electron chi connectivity index (χ1n) is 8.69. The number of benzene rings is 1. The zero-order valence-electron chi connectivity index (χ0n) is 14.8. The Morgan fingerprint density at radius 2 is 1.79 bits per heavy atom. The van der Waals surface area contributed by atoms with Crippen LogP contribution in [-0.4, -0.2) is 15.9 Å². The molecular formula is C21H16ClN3O2S. The van der Waals surface area contributed by atoms with Gasteiger partial charge >= 0.3 is 0 Å². The van der Waals surface area contributed by atoms with Crippen molar-refractivity contribution in [1.29, 1.82) is 0 Å². The molecule has 0 spiro atoms. The normalized spacial score (nSPS) is 10.8. The van der Waals surface area contributed by atoms with E-state index in [2.05, 4.69) is 15.5 Å². The van der Waals surface area contributed by atoms with Crippen LogP contribution < -0.4 is 5.32 Å².